The summed E-state index contributed by atoms with van der Waals surface area (Å²) >= 11 is 0. The number of aliphatic hydroxyl groups is 21. The fourth-order valence-corrected chi connectivity index (χ4v) is 20.1. The van der Waals surface area contributed by atoms with Crippen molar-refractivity contribution in [2.75, 3.05) is 52.9 Å². The van der Waals surface area contributed by atoms with Crippen molar-refractivity contribution in [3.63, 3.8) is 0 Å². The predicted molar refractivity (Wildman–Crippen MR) is 336 cm³/mol. The molecule has 0 radical (unpaired) electrons. The second-order valence-electron chi connectivity index (χ2n) is 32.0. The molecule has 6 unspecified atom stereocenters. The van der Waals surface area contributed by atoms with E-state index in [9.17, 15) is 107 Å². The highest BCUT2D eigenvalue weighted by atomic mass is 16.8. The van der Waals surface area contributed by atoms with Gasteiger partial charge in [-0.1, -0.05) is 27.7 Å². The summed E-state index contributed by atoms with van der Waals surface area (Å²) in [6.45, 7) is 3.58. The van der Waals surface area contributed by atoms with Crippen LogP contribution in [0.2, 0.25) is 0 Å². The maximum atomic E-state index is 12.3. The first kappa shape index (κ1) is 80.6. The maximum Gasteiger partial charge on any atom is 0.187 e. The zero-order valence-electron chi connectivity index (χ0n) is 58.3. The molecule has 0 aromatic heterocycles. The number of hydrogen-bond acceptors (Lipinski definition) is 37. The van der Waals surface area contributed by atoms with Crippen LogP contribution in [0.15, 0.2) is 0 Å². The number of fused-ring (bicyclic) bond motifs is 7. The minimum atomic E-state index is -2.39. The first-order chi connectivity index (χ1) is 49.4. The second-order valence-corrected chi connectivity index (χ2v) is 32.0. The summed E-state index contributed by atoms with van der Waals surface area (Å²) < 4.78 is 96.7. The predicted octanol–water partition coefficient (Wildman–Crippen LogP) is -9.19. The summed E-state index contributed by atoms with van der Waals surface area (Å²) in [5, 5.41) is 234. The number of ether oxygens (including phenoxy) is 16. The van der Waals surface area contributed by atoms with Crippen molar-refractivity contribution < 1.29 is 183 Å². The number of rotatable bonds is 20. The van der Waals surface area contributed by atoms with Crippen LogP contribution in [0.1, 0.15) is 85.5 Å². The minimum Gasteiger partial charge on any atom is -0.394 e. The third-order valence-electron chi connectivity index (χ3n) is 26.0. The van der Waals surface area contributed by atoms with Crippen LogP contribution in [-0.4, -0.2) is 387 Å². The highest BCUT2D eigenvalue weighted by Crippen LogP contribution is 2.71. The molecule has 13 aliphatic rings. The smallest absolute Gasteiger partial charge is 0.187 e. The fraction of sp³-hybridized carbons (Fsp3) is 1.00. The highest BCUT2D eigenvalue weighted by molar-refractivity contribution is 5.16. The van der Waals surface area contributed by atoms with Gasteiger partial charge in [-0.15, -0.1) is 0 Å². The van der Waals surface area contributed by atoms with E-state index in [0.29, 0.717) is 49.0 Å². The van der Waals surface area contributed by atoms with E-state index in [4.69, 9.17) is 75.8 Å². The van der Waals surface area contributed by atoms with Crippen LogP contribution in [0.25, 0.3) is 0 Å². The Morgan fingerprint density at radius 1 is 0.385 bits per heavy atom. The Bertz CT molecular complexity index is 2780. The van der Waals surface area contributed by atoms with Gasteiger partial charge in [-0.2, -0.15) is 0 Å². The van der Waals surface area contributed by atoms with Crippen LogP contribution >= 0.6 is 0 Å². The molecule has 0 aromatic carbocycles. The molecule has 37 nitrogen and oxygen atoms in total. The van der Waals surface area contributed by atoms with Gasteiger partial charge in [0.1, 0.15) is 159 Å². The van der Waals surface area contributed by atoms with Gasteiger partial charge < -0.3 is 183 Å². The van der Waals surface area contributed by atoms with Crippen LogP contribution in [0.4, 0.5) is 0 Å². The van der Waals surface area contributed by atoms with Gasteiger partial charge >= 0.3 is 0 Å². The number of aliphatic hydroxyl groups excluding tert-OH is 21. The van der Waals surface area contributed by atoms with Crippen LogP contribution in [-0.2, 0) is 75.8 Å². The van der Waals surface area contributed by atoms with E-state index in [0.717, 1.165) is 44.9 Å². The Kier molecular flexibility index (Phi) is 24.9. The molecule has 104 heavy (non-hydrogen) atoms. The van der Waals surface area contributed by atoms with Crippen LogP contribution in [0.5, 0.6) is 0 Å². The third-order valence-corrected chi connectivity index (χ3v) is 26.0. The Morgan fingerprint density at radius 2 is 0.885 bits per heavy atom. The SMILES string of the molecule is C[C@H]1CCC2(OC1)OC1CC3C4CC[C@H]5C[C@@H](O[C@@H]6O[C@H](CO)[C@H](O[C@@H]7O[C@H](CO)[C@@H](O)[C@H](O[C@@H]8O[C@H](CO)[C@@H](O)[C@H](O[C@H]9O[C@H](CO[C@H]%10O[C@@H](CO)[C@H](O)[C@H]%10O)[C@@H](O)[C@H](O[C@@H]%10OC[C@@H](O)[C@H](O)[C@H]%10O)[C@H]9O)[C@H]8O)[C@H]7O[C@H]7O[C@H](CO)[C@H](O)[C@H](O)[C@H]7O)[C@H](O)[C@H]6O)[C@H](O)C[C@]5(C)C4CC[C@]3(C)C1[C@@H]2C. The lowest BCUT2D eigenvalue weighted by Gasteiger charge is -2.62. The molecule has 0 amide bonds. The van der Waals surface area contributed by atoms with Crippen molar-refractivity contribution in [1.82, 2.24) is 0 Å². The maximum absolute atomic E-state index is 12.3. The normalized spacial score (nSPS) is 57.0. The Labute approximate surface area is 598 Å². The van der Waals surface area contributed by atoms with E-state index in [1.54, 1.807) is 0 Å². The Morgan fingerprint density at radius 3 is 1.52 bits per heavy atom. The van der Waals surface area contributed by atoms with Crippen molar-refractivity contribution in [2.24, 2.45) is 52.3 Å². The van der Waals surface area contributed by atoms with Crippen molar-refractivity contribution in [2.45, 2.75) is 312 Å². The van der Waals surface area contributed by atoms with Crippen molar-refractivity contribution in [3.05, 3.63) is 0 Å². The summed E-state index contributed by atoms with van der Waals surface area (Å²) in [5.74, 6) is 1.81. The standard InChI is InChI=1S/C67H110O37/c1-22-7-10-67(91-19-22)23(2)38-31(104-67)12-27-25-6-5-24-11-30(28(73)13-66(24,4)26(25)8-9-65(27,38)3)92-60-50(86)46(82)53(36(18-72)97-60)99-64-57(103-61-49(85)45(81)40(76)32(14-68)94-61)56(43(79)35(17-71)96-64)102-62-51(87)54(42(78)34(16-70)95-62)101-63-52(88)55(100-59-47(83)39(75)29(74)20-89-59)44(80)37(98-63)21-90-58-48(84)41(77)33(15-69)93-58/h22-64,68-88H,5-21H2,1-4H3/t22-,23-,24-,25?,26?,27?,28+,29+,30+,31?,32+,33-,34+,35+,36+,37+,38?,39-,40-,41-,42+,43+,44+,45-,46+,47+,48+,49+,50+,51+,52+,53-,54-,55-,56-,57+,58-,59-,60+,61+,62-,63+,64-,65-,66-,67?/m0/s1. The molecule has 13 rings (SSSR count). The average molecular weight is 1510 g/mol. The Balaban J connectivity index is 0.718. The van der Waals surface area contributed by atoms with E-state index in [2.05, 4.69) is 27.7 Å². The first-order valence-corrected chi connectivity index (χ1v) is 36.8. The minimum absolute atomic E-state index is 0.0632. The molecule has 0 bridgehead atoms. The van der Waals surface area contributed by atoms with Crippen molar-refractivity contribution in [1.29, 1.82) is 0 Å². The van der Waals surface area contributed by atoms with Gasteiger partial charge in [-0.25, -0.2) is 0 Å². The van der Waals surface area contributed by atoms with Gasteiger partial charge in [0.05, 0.1) is 71.2 Å². The van der Waals surface area contributed by atoms with Crippen molar-refractivity contribution in [3.8, 4) is 0 Å². The molecule has 21 N–H and O–H groups in total. The van der Waals surface area contributed by atoms with Crippen molar-refractivity contribution >= 4 is 0 Å². The molecule has 4 saturated carbocycles. The van der Waals surface area contributed by atoms with E-state index in [1.807, 2.05) is 0 Å². The fourth-order valence-electron chi connectivity index (χ4n) is 20.1. The number of hydrogen-bond donors (Lipinski definition) is 21. The zero-order chi connectivity index (χ0) is 74.7. The molecule has 46 atom stereocenters. The van der Waals surface area contributed by atoms with Gasteiger partial charge in [0.15, 0.2) is 49.8 Å². The average Bonchev–Trinajstić information content (AvgIpc) is 1.50. The van der Waals surface area contributed by atoms with Gasteiger partial charge in [0.2, 0.25) is 0 Å². The van der Waals surface area contributed by atoms with Crippen LogP contribution < -0.4 is 0 Å². The van der Waals surface area contributed by atoms with E-state index < -0.39 is 267 Å². The molecule has 0 aromatic rings. The zero-order valence-corrected chi connectivity index (χ0v) is 58.3. The van der Waals surface area contributed by atoms with Crippen LogP contribution in [0.3, 0.4) is 0 Å². The molecule has 1 spiro atoms. The van der Waals surface area contributed by atoms with Crippen LogP contribution in [0, 0.1) is 52.3 Å². The molecule has 4 aliphatic carbocycles. The molecule has 9 aliphatic heterocycles. The third kappa shape index (κ3) is 14.6. The molecule has 37 heteroatoms. The van der Waals surface area contributed by atoms with Gasteiger partial charge in [0, 0.05) is 12.3 Å². The molecular weight excluding hydrogens is 1400 g/mol. The molecule has 600 valence electrons. The van der Waals surface area contributed by atoms with E-state index in [-0.39, 0.29) is 28.8 Å². The summed E-state index contributed by atoms with van der Waals surface area (Å²) in [6.07, 6.45) is -59.4. The largest absolute Gasteiger partial charge is 0.394 e. The quantitative estimate of drug-likeness (QED) is 0.0503. The summed E-state index contributed by atoms with van der Waals surface area (Å²) in [5.41, 5.74) is -0.215. The van der Waals surface area contributed by atoms with Gasteiger partial charge in [-0.05, 0) is 97.7 Å². The highest BCUT2D eigenvalue weighted by Gasteiger charge is 2.70. The molecule has 9 saturated heterocycles. The monoisotopic (exact) mass is 1510 g/mol. The Hall–Kier alpha value is -1.48. The molecular formula is C67H110O37. The molecule has 13 fully saturated rings. The molecule has 9 heterocycles. The summed E-state index contributed by atoms with van der Waals surface area (Å²) in [6, 6.07) is 0. The van der Waals surface area contributed by atoms with E-state index in [1.165, 1.54) is 0 Å². The van der Waals surface area contributed by atoms with E-state index >= 15 is 0 Å². The summed E-state index contributed by atoms with van der Waals surface area (Å²) in [7, 11) is 0. The van der Waals surface area contributed by atoms with Gasteiger partial charge in [-0.3, -0.25) is 0 Å². The lowest BCUT2D eigenvalue weighted by Crippen LogP contribution is -2.69. The van der Waals surface area contributed by atoms with Gasteiger partial charge in [0.25, 0.3) is 0 Å². The topological polar surface area (TPSA) is 573 Å². The first-order valence-electron chi connectivity index (χ1n) is 36.8. The lowest BCUT2D eigenvalue weighted by atomic mass is 9.44. The second kappa shape index (κ2) is 32.2. The summed E-state index contributed by atoms with van der Waals surface area (Å²) in [4.78, 5) is 0. The lowest BCUT2D eigenvalue weighted by molar-refractivity contribution is -0.412.